The largest absolute Gasteiger partial charge is 0.445 e. The predicted molar refractivity (Wildman–Crippen MR) is 67.8 cm³/mol. The van der Waals surface area contributed by atoms with Gasteiger partial charge in [0.05, 0.1) is 19.8 Å². The Hall–Kier alpha value is -1.38. The number of rotatable bonds is 4. The molecule has 12 heteroatoms. The second-order valence-electron chi connectivity index (χ2n) is 5.44. The lowest BCUT2D eigenvalue weighted by atomic mass is 9.81. The molecule has 2 fully saturated rings. The van der Waals surface area contributed by atoms with Crippen LogP contribution in [0.5, 0.6) is 0 Å². The fraction of sp³-hybridized carbons (Fsp3) is 0.833. The molecule has 12 nitrogen and oxygen atoms in total. The number of cyclic esters (lactones) is 2. The topological polar surface area (TPSA) is 203 Å². The third-order valence-corrected chi connectivity index (χ3v) is 4.05. The van der Waals surface area contributed by atoms with Crippen LogP contribution in [-0.2, 0) is 23.8 Å². The van der Waals surface area contributed by atoms with Crippen LogP contribution in [0.25, 0.3) is 0 Å². The first-order valence-electron chi connectivity index (χ1n) is 6.89. The monoisotopic (exact) mass is 354 g/mol. The average molecular weight is 354 g/mol. The normalized spacial score (nSPS) is 46.4. The molecule has 2 rings (SSSR count). The van der Waals surface area contributed by atoms with Gasteiger partial charge in [0, 0.05) is 0 Å². The van der Waals surface area contributed by atoms with E-state index < -0.39 is 73.7 Å². The van der Waals surface area contributed by atoms with E-state index in [0.29, 0.717) is 0 Å². The lowest BCUT2D eigenvalue weighted by Crippen LogP contribution is -2.79. The van der Waals surface area contributed by atoms with Gasteiger partial charge in [0.2, 0.25) is 11.9 Å². The molecule has 2 saturated heterocycles. The molecule has 138 valence electrons. The first kappa shape index (κ1) is 19.0. The number of aliphatic hydroxyl groups excluding tert-OH is 6. The molecule has 7 unspecified atom stereocenters. The molecule has 0 bridgehead atoms. The first-order chi connectivity index (χ1) is 11.2. The molecule has 0 aromatic rings. The number of aliphatic hydroxyl groups is 7. The Morgan fingerprint density at radius 1 is 1.00 bits per heavy atom. The smallest absolute Gasteiger partial charge is 0.359 e. The second kappa shape index (κ2) is 6.50. The third-order valence-electron chi connectivity index (χ3n) is 4.05. The molecular weight excluding hydrogens is 336 g/mol. The van der Waals surface area contributed by atoms with Gasteiger partial charge in [-0.25, -0.2) is 9.59 Å². The summed E-state index contributed by atoms with van der Waals surface area (Å²) in [4.78, 5) is 23.9. The van der Waals surface area contributed by atoms with E-state index in [1.54, 1.807) is 0 Å². The summed E-state index contributed by atoms with van der Waals surface area (Å²) in [6, 6.07) is 0. The Morgan fingerprint density at radius 2 is 1.62 bits per heavy atom. The number of carbonyl (C=O) groups is 2. The van der Waals surface area contributed by atoms with Crippen molar-refractivity contribution in [1.82, 2.24) is 0 Å². The van der Waals surface area contributed by atoms with Crippen LogP contribution in [-0.4, -0.2) is 109 Å². The van der Waals surface area contributed by atoms with Crippen LogP contribution in [0, 0.1) is 0 Å². The predicted octanol–water partition coefficient (Wildman–Crippen LogP) is -5.66. The van der Waals surface area contributed by atoms with E-state index in [9.17, 15) is 35.1 Å². The highest BCUT2D eigenvalue weighted by Crippen LogP contribution is 2.41. The van der Waals surface area contributed by atoms with Crippen LogP contribution in [0.1, 0.15) is 0 Å². The molecule has 7 atom stereocenters. The van der Waals surface area contributed by atoms with E-state index in [-0.39, 0.29) is 0 Å². The van der Waals surface area contributed by atoms with Crippen molar-refractivity contribution in [2.24, 2.45) is 0 Å². The summed E-state index contributed by atoms with van der Waals surface area (Å²) < 4.78 is 14.2. The van der Waals surface area contributed by atoms with Crippen LogP contribution in [0.15, 0.2) is 0 Å². The second-order valence-corrected chi connectivity index (χ2v) is 5.44. The quantitative estimate of drug-likeness (QED) is 0.236. The Kier molecular flexibility index (Phi) is 5.13. The maximum Gasteiger partial charge on any atom is 0.359 e. The Labute approximate surface area is 134 Å². The maximum absolute atomic E-state index is 12.2. The minimum Gasteiger partial charge on any atom is -0.445 e. The number of carbonyl (C=O) groups excluding carboxylic acids is 2. The van der Waals surface area contributed by atoms with E-state index in [4.69, 9.17) is 19.7 Å². The van der Waals surface area contributed by atoms with E-state index in [1.807, 2.05) is 0 Å². The first-order valence-corrected chi connectivity index (χ1v) is 6.89. The fourth-order valence-electron chi connectivity index (χ4n) is 2.58. The third kappa shape index (κ3) is 2.48. The summed E-state index contributed by atoms with van der Waals surface area (Å²) in [6.07, 6.45) is -9.79. The molecule has 0 amide bonds. The van der Waals surface area contributed by atoms with E-state index in [2.05, 4.69) is 4.74 Å². The summed E-state index contributed by atoms with van der Waals surface area (Å²) in [6.45, 7) is -3.31. The molecule has 7 N–H and O–H groups in total. The molecule has 0 saturated carbocycles. The van der Waals surface area contributed by atoms with Gasteiger partial charge in [0.15, 0.2) is 0 Å². The summed E-state index contributed by atoms with van der Waals surface area (Å²) in [5, 5.41) is 67.7. The van der Waals surface area contributed by atoms with Crippen molar-refractivity contribution >= 4 is 11.9 Å². The van der Waals surface area contributed by atoms with Gasteiger partial charge >= 0.3 is 11.9 Å². The summed E-state index contributed by atoms with van der Waals surface area (Å²) in [7, 11) is 0. The van der Waals surface area contributed by atoms with Crippen molar-refractivity contribution in [2.45, 2.75) is 41.9 Å². The molecule has 0 spiro atoms. The standard InChI is InChI=1S/C12H18O12/c13-1-4-6(16)7(17)8(18)12(21,23-4)11(3-15)10(20)22-5(2-14)9(19)24-11/h4-8,13-18,21H,1-3H2. The average Bonchev–Trinajstić information content (AvgIpc) is 2.57. The molecule has 24 heavy (non-hydrogen) atoms. The zero-order chi connectivity index (χ0) is 18.3. The van der Waals surface area contributed by atoms with E-state index in [0.717, 1.165) is 0 Å². The molecule has 2 heterocycles. The Morgan fingerprint density at radius 3 is 2.12 bits per heavy atom. The summed E-state index contributed by atoms with van der Waals surface area (Å²) >= 11 is 0. The highest BCUT2D eigenvalue weighted by Gasteiger charge is 2.72. The van der Waals surface area contributed by atoms with Crippen LogP contribution in [0.2, 0.25) is 0 Å². The number of esters is 2. The fourth-order valence-corrected chi connectivity index (χ4v) is 2.58. The number of hydrogen-bond acceptors (Lipinski definition) is 12. The Bertz CT molecular complexity index is 508. The van der Waals surface area contributed by atoms with Crippen molar-refractivity contribution in [3.63, 3.8) is 0 Å². The molecular formula is C12H18O12. The molecule has 2 aliphatic rings. The van der Waals surface area contributed by atoms with E-state index >= 15 is 0 Å². The van der Waals surface area contributed by atoms with Gasteiger partial charge in [-0.2, -0.15) is 0 Å². The van der Waals surface area contributed by atoms with Crippen molar-refractivity contribution in [2.75, 3.05) is 19.8 Å². The van der Waals surface area contributed by atoms with Crippen molar-refractivity contribution in [1.29, 1.82) is 0 Å². The maximum atomic E-state index is 12.2. The molecule has 2 aliphatic heterocycles. The Balaban J connectivity index is 2.47. The minimum absolute atomic E-state index is 0.936. The lowest BCUT2D eigenvalue weighted by molar-refractivity contribution is -0.402. The highest BCUT2D eigenvalue weighted by atomic mass is 16.7. The van der Waals surface area contributed by atoms with E-state index in [1.165, 1.54) is 0 Å². The van der Waals surface area contributed by atoms with Gasteiger partial charge in [0.25, 0.3) is 5.60 Å². The van der Waals surface area contributed by atoms with Gasteiger partial charge in [0.1, 0.15) is 24.4 Å². The van der Waals surface area contributed by atoms with Crippen LogP contribution in [0.4, 0.5) is 0 Å². The summed E-state index contributed by atoms with van der Waals surface area (Å²) in [5.41, 5.74) is -3.01. The van der Waals surface area contributed by atoms with Crippen molar-refractivity contribution < 1.29 is 59.5 Å². The van der Waals surface area contributed by atoms with Gasteiger partial charge < -0.3 is 50.0 Å². The molecule has 0 aromatic carbocycles. The van der Waals surface area contributed by atoms with Gasteiger partial charge in [-0.3, -0.25) is 0 Å². The van der Waals surface area contributed by atoms with Crippen molar-refractivity contribution in [3.05, 3.63) is 0 Å². The molecule has 0 aliphatic carbocycles. The zero-order valence-electron chi connectivity index (χ0n) is 12.2. The van der Waals surface area contributed by atoms with Crippen LogP contribution >= 0.6 is 0 Å². The van der Waals surface area contributed by atoms with Crippen molar-refractivity contribution in [3.8, 4) is 0 Å². The number of hydrogen-bond donors (Lipinski definition) is 7. The van der Waals surface area contributed by atoms with Gasteiger partial charge in [-0.1, -0.05) is 0 Å². The molecule has 0 aromatic heterocycles. The summed E-state index contributed by atoms with van der Waals surface area (Å²) in [5.74, 6) is -6.16. The van der Waals surface area contributed by atoms with Crippen LogP contribution in [0.3, 0.4) is 0 Å². The highest BCUT2D eigenvalue weighted by molar-refractivity contribution is 5.91. The van der Waals surface area contributed by atoms with Gasteiger partial charge in [-0.05, 0) is 0 Å². The number of ether oxygens (including phenoxy) is 3. The zero-order valence-corrected chi connectivity index (χ0v) is 12.2. The minimum atomic E-state index is -3.25. The molecule has 0 radical (unpaired) electrons. The lowest BCUT2D eigenvalue weighted by Gasteiger charge is -2.52. The van der Waals surface area contributed by atoms with Crippen LogP contribution < -0.4 is 0 Å². The van der Waals surface area contributed by atoms with Gasteiger partial charge in [-0.15, -0.1) is 0 Å². The SMILES string of the molecule is O=C1OC(CO)(C2(O)OC(CO)C(O)C(O)C2O)C(=O)OC1CO.